The van der Waals surface area contributed by atoms with Crippen LogP contribution in [-0.2, 0) is 37.4 Å². The minimum Gasteiger partial charge on any atom is -0.321 e. The second-order valence-electron chi connectivity index (χ2n) is 24.2. The second kappa shape index (κ2) is 21.8. The summed E-state index contributed by atoms with van der Waals surface area (Å²) in [5.41, 5.74) is 26.8. The van der Waals surface area contributed by atoms with E-state index in [9.17, 15) is 0 Å². The van der Waals surface area contributed by atoms with Crippen LogP contribution in [0.2, 0.25) is 0 Å². The first kappa shape index (κ1) is 54.3. The third-order valence-corrected chi connectivity index (χ3v) is 17.2. The van der Waals surface area contributed by atoms with E-state index in [1.807, 2.05) is 35.3 Å². The Balaban J connectivity index is 0.00000653. The molecule has 1 aliphatic rings. The zero-order chi connectivity index (χ0) is 57.4. The Morgan fingerprint density at radius 3 is 1.71 bits per heavy atom. The summed E-state index contributed by atoms with van der Waals surface area (Å²) >= 11 is 0. The van der Waals surface area contributed by atoms with Gasteiger partial charge in [0.05, 0.1) is 16.7 Å². The van der Waals surface area contributed by atoms with E-state index in [0.717, 1.165) is 141 Å². The predicted molar refractivity (Wildman–Crippen MR) is 348 cm³/mol. The standard InChI is InChI=1S/C79H59N6.Ir/c1-78(2,3)77-83-73-48-55(33-38-69(73)76-82-74-49-56-39-40-79(4,5)71(56)50-75(74)85(76)77)63-21-10-12-23-65(63)59-44-58(64-22-11-9-20-62(64)53-31-35-61(36-32-53)84-43-17-42-81-84)45-60(46-59)66-24-13-14-25-67(66)68-37-34-57(72-26-15-16-41-80-72)47-70(68)54-29-27-52(28-30-54)51-18-7-6-8-19-51;/h6-33,35,37,41-50H,39-40H2,1-5H3;/q-3;+3. The number of aryl methyl sites for hydroxylation is 1. The van der Waals surface area contributed by atoms with Gasteiger partial charge in [-0.1, -0.05) is 213 Å². The minimum absolute atomic E-state index is 0. The maximum absolute atomic E-state index is 5.57. The van der Waals surface area contributed by atoms with Crippen molar-refractivity contribution < 1.29 is 20.1 Å². The first-order valence-corrected chi connectivity index (χ1v) is 29.3. The van der Waals surface area contributed by atoms with Crippen LogP contribution < -0.4 is 0 Å². The van der Waals surface area contributed by atoms with Gasteiger partial charge in [-0.25, -0.2) is 0 Å². The van der Waals surface area contributed by atoms with Gasteiger partial charge in [0.15, 0.2) is 0 Å². The van der Waals surface area contributed by atoms with E-state index in [4.69, 9.17) is 15.0 Å². The zero-order valence-corrected chi connectivity index (χ0v) is 50.9. The number of hydrogen-bond acceptors (Lipinski definition) is 4. The number of nitrogens with zero attached hydrogens (tertiary/aromatic N) is 6. The fourth-order valence-corrected chi connectivity index (χ4v) is 12.8. The van der Waals surface area contributed by atoms with Crippen LogP contribution in [0.1, 0.15) is 58.0 Å². The molecule has 0 spiro atoms. The quantitative estimate of drug-likeness (QED) is 0.128. The molecule has 0 atom stereocenters. The summed E-state index contributed by atoms with van der Waals surface area (Å²) in [5.74, 6) is 0.978. The van der Waals surface area contributed by atoms with Gasteiger partial charge in [-0.05, 0) is 139 Å². The summed E-state index contributed by atoms with van der Waals surface area (Å²) in [5, 5.41) is 5.39. The molecule has 0 bridgehead atoms. The molecule has 0 unspecified atom stereocenters. The molecule has 14 aromatic rings. The molecule has 86 heavy (non-hydrogen) atoms. The van der Waals surface area contributed by atoms with Crippen LogP contribution in [0.25, 0.3) is 134 Å². The molecule has 0 N–H and O–H groups in total. The Labute approximate surface area is 516 Å². The number of aromatic nitrogens is 6. The van der Waals surface area contributed by atoms with E-state index in [1.54, 1.807) is 6.20 Å². The van der Waals surface area contributed by atoms with Gasteiger partial charge in [0.1, 0.15) is 5.82 Å². The average Bonchev–Trinajstić information content (AvgIpc) is 3.38. The van der Waals surface area contributed by atoms with Gasteiger partial charge in [0.25, 0.3) is 0 Å². The Kier molecular flexibility index (Phi) is 13.7. The van der Waals surface area contributed by atoms with Crippen molar-refractivity contribution >= 4 is 27.6 Å². The van der Waals surface area contributed by atoms with Gasteiger partial charge in [0.2, 0.25) is 0 Å². The van der Waals surface area contributed by atoms with E-state index in [-0.39, 0.29) is 30.9 Å². The summed E-state index contributed by atoms with van der Waals surface area (Å²) in [6.45, 7) is 11.5. The van der Waals surface area contributed by atoms with Crippen molar-refractivity contribution in [1.29, 1.82) is 0 Å². The maximum atomic E-state index is 5.57. The molecular weight excluding hydrogens is 1230 g/mol. The monoisotopic (exact) mass is 1280 g/mol. The van der Waals surface area contributed by atoms with Gasteiger partial charge in [-0.2, -0.15) is 23.3 Å². The molecule has 0 saturated heterocycles. The molecule has 0 radical (unpaired) electrons. The zero-order valence-electron chi connectivity index (χ0n) is 48.5. The van der Waals surface area contributed by atoms with Gasteiger partial charge < -0.3 is 9.38 Å². The van der Waals surface area contributed by atoms with Crippen LogP contribution in [0.5, 0.6) is 0 Å². The van der Waals surface area contributed by atoms with Gasteiger partial charge in [0, 0.05) is 24.0 Å². The van der Waals surface area contributed by atoms with Crippen LogP contribution >= 0.6 is 0 Å². The Morgan fingerprint density at radius 2 is 1.07 bits per heavy atom. The first-order valence-electron chi connectivity index (χ1n) is 29.3. The van der Waals surface area contributed by atoms with Crippen LogP contribution in [0.4, 0.5) is 0 Å². The molecule has 4 heterocycles. The SMILES string of the molecule is CC(C)(C)c1nc2cc(-c3ccccc3-c3cc(-c4ccccc4-c4c[c-]c(-n5cccn5)cc4)cc(-c4ccccc4-c4c[c-]c(-c5ccccn5)cc4-c4ccc(-c5ccccc5)cc4)c3)c[c-]c2c2nc3cc4c(cc3n12)C(C)(C)CC4.[Ir+3]. The third kappa shape index (κ3) is 9.77. The largest absolute Gasteiger partial charge is 3.00 e. The Bertz CT molecular complexity index is 4860. The van der Waals surface area contributed by atoms with Crippen LogP contribution in [0.15, 0.2) is 243 Å². The van der Waals surface area contributed by atoms with Crippen LogP contribution in [0.3, 0.4) is 0 Å². The third-order valence-electron chi connectivity index (χ3n) is 17.2. The minimum atomic E-state index is -0.279. The number of fused-ring (bicyclic) bond motifs is 6. The summed E-state index contributed by atoms with van der Waals surface area (Å²) in [6.07, 6.45) is 7.79. The fraction of sp³-hybridized carbons (Fsp3) is 0.114. The Hall–Kier alpha value is -9.65. The van der Waals surface area contributed by atoms with Gasteiger partial charge in [-0.15, -0.1) is 53.6 Å². The molecule has 15 rings (SSSR count). The maximum Gasteiger partial charge on any atom is 3.00 e. The van der Waals surface area contributed by atoms with E-state index < -0.39 is 0 Å². The predicted octanol–water partition coefficient (Wildman–Crippen LogP) is 19.5. The van der Waals surface area contributed by atoms with E-state index >= 15 is 0 Å². The topological polar surface area (TPSA) is 60.9 Å². The first-order chi connectivity index (χ1) is 41.5. The smallest absolute Gasteiger partial charge is 0.321 e. The summed E-state index contributed by atoms with van der Waals surface area (Å²) < 4.78 is 4.15. The molecule has 1 aliphatic carbocycles. The normalized spacial score (nSPS) is 12.8. The Morgan fingerprint density at radius 1 is 0.465 bits per heavy atom. The van der Waals surface area contributed by atoms with Crippen molar-refractivity contribution in [2.75, 3.05) is 0 Å². The fourth-order valence-electron chi connectivity index (χ4n) is 12.8. The molecular formula is C79H59IrN6. The van der Waals surface area contributed by atoms with Gasteiger partial charge in [-0.3, -0.25) is 14.6 Å². The molecule has 414 valence electrons. The van der Waals surface area contributed by atoms with E-state index in [2.05, 4.69) is 269 Å². The molecule has 0 saturated carbocycles. The number of hydrogen-bond donors (Lipinski definition) is 0. The van der Waals surface area contributed by atoms with Crippen molar-refractivity contribution in [3.05, 3.63) is 278 Å². The molecule has 0 fully saturated rings. The second-order valence-corrected chi connectivity index (χ2v) is 24.2. The molecule has 6 nitrogen and oxygen atoms in total. The van der Waals surface area contributed by atoms with Crippen molar-refractivity contribution in [3.8, 4) is 106 Å². The number of rotatable bonds is 10. The molecule has 10 aromatic carbocycles. The van der Waals surface area contributed by atoms with E-state index in [1.165, 1.54) is 22.3 Å². The van der Waals surface area contributed by atoms with Crippen LogP contribution in [0, 0.1) is 18.2 Å². The van der Waals surface area contributed by atoms with Crippen LogP contribution in [-0.4, -0.2) is 29.1 Å². The number of pyridine rings is 1. The molecule has 0 aliphatic heterocycles. The molecule has 4 aromatic heterocycles. The number of imidazole rings is 1. The van der Waals surface area contributed by atoms with Gasteiger partial charge >= 0.3 is 20.1 Å². The number of benzene rings is 10. The average molecular weight is 1280 g/mol. The molecule has 0 amide bonds. The summed E-state index contributed by atoms with van der Waals surface area (Å²) in [6, 6.07) is 91.7. The molecule has 7 heteroatoms. The summed E-state index contributed by atoms with van der Waals surface area (Å²) in [7, 11) is 0. The van der Waals surface area contributed by atoms with E-state index in [0.29, 0.717) is 0 Å². The van der Waals surface area contributed by atoms with Crippen molar-refractivity contribution in [2.24, 2.45) is 0 Å². The summed E-state index contributed by atoms with van der Waals surface area (Å²) in [4.78, 5) is 15.7. The van der Waals surface area contributed by atoms with Crippen molar-refractivity contribution in [1.82, 2.24) is 29.1 Å². The van der Waals surface area contributed by atoms with Crippen molar-refractivity contribution in [2.45, 2.75) is 58.3 Å². The van der Waals surface area contributed by atoms with Crippen molar-refractivity contribution in [3.63, 3.8) is 0 Å².